The van der Waals surface area contributed by atoms with Gasteiger partial charge >= 0.3 is 0 Å². The van der Waals surface area contributed by atoms with E-state index in [9.17, 15) is 5.26 Å². The third-order valence-corrected chi connectivity index (χ3v) is 8.12. The van der Waals surface area contributed by atoms with Gasteiger partial charge in [-0.15, -0.1) is 15.0 Å². The molecule has 2 aliphatic carbocycles. The summed E-state index contributed by atoms with van der Waals surface area (Å²) in [6.45, 7) is 0. The van der Waals surface area contributed by atoms with Gasteiger partial charge in [-0.3, -0.25) is 0 Å². The summed E-state index contributed by atoms with van der Waals surface area (Å²) < 4.78 is 0. The highest BCUT2D eigenvalue weighted by molar-refractivity contribution is 5.49. The Bertz CT molecular complexity index is 1220. The fourth-order valence-corrected chi connectivity index (χ4v) is 6.25. The quantitative estimate of drug-likeness (QED) is 0.338. The molecule has 0 N–H and O–H groups in total. The maximum Gasteiger partial charge on any atom is 0.195 e. The van der Waals surface area contributed by atoms with Crippen LogP contribution in [0.15, 0.2) is 91.0 Å². The normalized spacial score (nSPS) is 22.4. The van der Waals surface area contributed by atoms with Gasteiger partial charge in [-0.2, -0.15) is 5.26 Å². The van der Waals surface area contributed by atoms with Gasteiger partial charge in [0.2, 0.25) is 0 Å². The number of hydrogen-bond acceptors (Lipinski definition) is 4. The molecule has 1 aromatic heterocycles. The topological polar surface area (TPSA) is 67.4 Å². The molecule has 0 bridgehead atoms. The van der Waals surface area contributed by atoms with Crippen molar-refractivity contribution in [2.45, 2.75) is 49.5 Å². The molecule has 0 amide bonds. The van der Waals surface area contributed by atoms with Crippen molar-refractivity contribution in [2.75, 3.05) is 0 Å². The standard InChI is InChI=1S/C30H29N5/c31-22-29(21-27(29)23-13-5-1-6-14-23)28-32-34-35(33-28)30(24-15-7-2-8-16-24,25-17-9-3-10-18-25)26-19-11-4-12-20-26/h2-4,7-12,15-20,23,27H,1,5-6,13-14,21H2. The van der Waals surface area contributed by atoms with Gasteiger partial charge in [-0.05, 0) is 40.2 Å². The zero-order valence-corrected chi connectivity index (χ0v) is 19.8. The van der Waals surface area contributed by atoms with Crippen LogP contribution in [0.5, 0.6) is 0 Å². The number of nitriles is 1. The molecule has 174 valence electrons. The molecular formula is C30H29N5. The molecule has 0 saturated heterocycles. The van der Waals surface area contributed by atoms with Gasteiger partial charge < -0.3 is 0 Å². The molecule has 2 unspecified atom stereocenters. The Hall–Kier alpha value is -3.78. The van der Waals surface area contributed by atoms with Crippen LogP contribution in [0, 0.1) is 23.2 Å². The van der Waals surface area contributed by atoms with E-state index in [1.165, 1.54) is 32.1 Å². The van der Waals surface area contributed by atoms with E-state index in [4.69, 9.17) is 5.10 Å². The zero-order valence-electron chi connectivity index (χ0n) is 19.8. The van der Waals surface area contributed by atoms with Crippen molar-refractivity contribution in [1.82, 2.24) is 20.2 Å². The Kier molecular flexibility index (Phi) is 5.45. The molecule has 0 radical (unpaired) electrons. The maximum absolute atomic E-state index is 10.3. The minimum absolute atomic E-state index is 0.338. The molecular weight excluding hydrogens is 430 g/mol. The van der Waals surface area contributed by atoms with Crippen molar-refractivity contribution in [2.24, 2.45) is 11.8 Å². The second kappa shape index (κ2) is 8.78. The fraction of sp³-hybridized carbons (Fsp3) is 0.333. The number of rotatable bonds is 6. The van der Waals surface area contributed by atoms with E-state index >= 15 is 0 Å². The smallest absolute Gasteiger partial charge is 0.195 e. The summed E-state index contributed by atoms with van der Waals surface area (Å²) in [5.74, 6) is 1.50. The van der Waals surface area contributed by atoms with E-state index in [-0.39, 0.29) is 0 Å². The van der Waals surface area contributed by atoms with Gasteiger partial charge in [-0.1, -0.05) is 123 Å². The molecule has 2 atom stereocenters. The lowest BCUT2D eigenvalue weighted by Crippen LogP contribution is -2.39. The molecule has 0 aliphatic heterocycles. The summed E-state index contributed by atoms with van der Waals surface area (Å²) in [4.78, 5) is 1.75. The minimum Gasteiger partial charge on any atom is -0.197 e. The Morgan fingerprint density at radius 1 is 0.771 bits per heavy atom. The maximum atomic E-state index is 10.3. The average Bonchev–Trinajstić information content (AvgIpc) is 3.50. The Morgan fingerprint density at radius 3 is 1.77 bits per heavy atom. The average molecular weight is 460 g/mol. The first-order valence-corrected chi connectivity index (χ1v) is 12.7. The third-order valence-electron chi connectivity index (χ3n) is 8.12. The van der Waals surface area contributed by atoms with Crippen LogP contribution in [-0.4, -0.2) is 20.2 Å². The number of benzene rings is 3. The highest BCUT2D eigenvalue weighted by Crippen LogP contribution is 2.59. The molecule has 1 heterocycles. The first kappa shape index (κ1) is 21.7. The van der Waals surface area contributed by atoms with Crippen molar-refractivity contribution in [3.63, 3.8) is 0 Å². The third kappa shape index (κ3) is 3.47. The Morgan fingerprint density at radius 2 is 1.29 bits per heavy atom. The molecule has 35 heavy (non-hydrogen) atoms. The van der Waals surface area contributed by atoms with Gasteiger partial charge in [-0.25, -0.2) is 0 Å². The summed E-state index contributed by atoms with van der Waals surface area (Å²) in [6, 6.07) is 33.7. The fourth-order valence-electron chi connectivity index (χ4n) is 6.25. The largest absolute Gasteiger partial charge is 0.197 e. The highest BCUT2D eigenvalue weighted by atomic mass is 15.6. The highest BCUT2D eigenvalue weighted by Gasteiger charge is 2.62. The van der Waals surface area contributed by atoms with Crippen molar-refractivity contribution in [3.8, 4) is 6.07 Å². The van der Waals surface area contributed by atoms with Crippen molar-refractivity contribution in [1.29, 1.82) is 5.26 Å². The van der Waals surface area contributed by atoms with Crippen LogP contribution in [0.2, 0.25) is 0 Å². The van der Waals surface area contributed by atoms with Crippen molar-refractivity contribution in [3.05, 3.63) is 114 Å². The molecule has 5 heteroatoms. The van der Waals surface area contributed by atoms with Gasteiger partial charge in [0.05, 0.1) is 6.07 Å². The second-order valence-electron chi connectivity index (χ2n) is 10.0. The van der Waals surface area contributed by atoms with E-state index in [1.54, 1.807) is 4.80 Å². The van der Waals surface area contributed by atoms with E-state index in [0.717, 1.165) is 23.1 Å². The van der Waals surface area contributed by atoms with Crippen LogP contribution in [-0.2, 0) is 11.0 Å². The van der Waals surface area contributed by atoms with E-state index in [0.29, 0.717) is 17.7 Å². The summed E-state index contributed by atoms with van der Waals surface area (Å²) in [5.41, 5.74) is 1.72. The van der Waals surface area contributed by atoms with Gasteiger partial charge in [0.25, 0.3) is 0 Å². The lowest BCUT2D eigenvalue weighted by molar-refractivity contribution is 0.308. The lowest BCUT2D eigenvalue weighted by atomic mass is 9.77. The molecule has 6 rings (SSSR count). The Balaban J connectivity index is 1.52. The van der Waals surface area contributed by atoms with Gasteiger partial charge in [0.15, 0.2) is 11.4 Å². The van der Waals surface area contributed by atoms with E-state index < -0.39 is 11.0 Å². The number of tetrazole rings is 1. The molecule has 2 fully saturated rings. The van der Waals surface area contributed by atoms with Crippen molar-refractivity contribution >= 4 is 0 Å². The SMILES string of the molecule is N#CC1(c2nnn(C(c3ccccc3)(c3ccccc3)c3ccccc3)n2)CC1C1CCCCC1. The van der Waals surface area contributed by atoms with Gasteiger partial charge in [0, 0.05) is 0 Å². The first-order chi connectivity index (χ1) is 17.3. The van der Waals surface area contributed by atoms with E-state index in [1.807, 2.05) is 54.6 Å². The predicted molar refractivity (Wildman–Crippen MR) is 134 cm³/mol. The molecule has 5 nitrogen and oxygen atoms in total. The summed E-state index contributed by atoms with van der Waals surface area (Å²) in [7, 11) is 0. The molecule has 4 aromatic rings. The number of aromatic nitrogens is 4. The lowest BCUT2D eigenvalue weighted by Gasteiger charge is -2.34. The number of nitrogens with zero attached hydrogens (tertiary/aromatic N) is 5. The van der Waals surface area contributed by atoms with Crippen LogP contribution in [0.4, 0.5) is 0 Å². The Labute approximate surface area is 206 Å². The van der Waals surface area contributed by atoms with Crippen LogP contribution < -0.4 is 0 Å². The van der Waals surface area contributed by atoms with Crippen LogP contribution >= 0.6 is 0 Å². The molecule has 2 aliphatic rings. The summed E-state index contributed by atoms with van der Waals surface area (Å²) in [5, 5.41) is 24.6. The second-order valence-corrected chi connectivity index (χ2v) is 10.0. The zero-order chi connectivity index (χ0) is 23.7. The minimum atomic E-state index is -0.805. The van der Waals surface area contributed by atoms with Crippen LogP contribution in [0.3, 0.4) is 0 Å². The number of hydrogen-bond donors (Lipinski definition) is 0. The van der Waals surface area contributed by atoms with Crippen LogP contribution in [0.25, 0.3) is 0 Å². The van der Waals surface area contributed by atoms with Crippen molar-refractivity contribution < 1.29 is 0 Å². The summed E-state index contributed by atoms with van der Waals surface area (Å²) in [6.07, 6.45) is 7.11. The first-order valence-electron chi connectivity index (χ1n) is 12.7. The van der Waals surface area contributed by atoms with E-state index in [2.05, 4.69) is 52.8 Å². The van der Waals surface area contributed by atoms with Crippen LogP contribution in [0.1, 0.15) is 61.0 Å². The monoisotopic (exact) mass is 459 g/mol. The predicted octanol–water partition coefficient (Wildman–Crippen LogP) is 5.87. The van der Waals surface area contributed by atoms with Gasteiger partial charge in [0.1, 0.15) is 5.41 Å². The molecule has 0 spiro atoms. The molecule has 2 saturated carbocycles. The molecule has 3 aromatic carbocycles. The summed E-state index contributed by atoms with van der Waals surface area (Å²) >= 11 is 0.